The lowest BCUT2D eigenvalue weighted by molar-refractivity contribution is -0.129. The average molecular weight is 235 g/mol. The second-order valence-corrected chi connectivity index (χ2v) is 3.21. The van der Waals surface area contributed by atoms with Gasteiger partial charge in [0.2, 0.25) is 0 Å². The Bertz CT molecular complexity index is 315. The van der Waals surface area contributed by atoms with E-state index in [0.717, 1.165) is 0 Å². The lowest BCUT2D eigenvalue weighted by Gasteiger charge is -2.05. The Balaban J connectivity index is 2.43. The van der Waals surface area contributed by atoms with Gasteiger partial charge in [0, 0.05) is 6.07 Å². The maximum atomic E-state index is 9.80. The Morgan fingerprint density at radius 2 is 2.00 bits per heavy atom. The number of hydrogen-bond acceptors (Lipinski definition) is 3. The highest BCUT2D eigenvalue weighted by Gasteiger charge is 1.99. The van der Waals surface area contributed by atoms with Gasteiger partial charge in [0.25, 0.3) is 6.47 Å². The molecule has 0 aliphatic carbocycles. The zero-order chi connectivity index (χ0) is 10.4. The van der Waals surface area contributed by atoms with E-state index < -0.39 is 0 Å². The summed E-state index contributed by atoms with van der Waals surface area (Å²) in [5.41, 5.74) is 0. The van der Waals surface area contributed by atoms with E-state index in [1.807, 2.05) is 0 Å². The van der Waals surface area contributed by atoms with E-state index in [0.29, 0.717) is 22.3 Å². The van der Waals surface area contributed by atoms with E-state index in [2.05, 4.69) is 4.74 Å². The van der Waals surface area contributed by atoms with Gasteiger partial charge in [-0.3, -0.25) is 4.79 Å². The molecule has 0 spiro atoms. The average Bonchev–Trinajstić information content (AvgIpc) is 2.18. The molecular formula is C9H8Cl2O3. The first-order chi connectivity index (χ1) is 6.74. The fourth-order valence-electron chi connectivity index (χ4n) is 0.822. The summed E-state index contributed by atoms with van der Waals surface area (Å²) in [5, 5.41) is 0.906. The molecule has 0 unspecified atom stereocenters. The first kappa shape index (κ1) is 11.1. The topological polar surface area (TPSA) is 35.5 Å². The predicted molar refractivity (Wildman–Crippen MR) is 54.0 cm³/mol. The van der Waals surface area contributed by atoms with E-state index in [1.54, 1.807) is 18.2 Å². The molecule has 0 aliphatic heterocycles. The van der Waals surface area contributed by atoms with Crippen molar-refractivity contribution in [2.45, 2.75) is 0 Å². The van der Waals surface area contributed by atoms with Crippen LogP contribution in [0.2, 0.25) is 10.0 Å². The Morgan fingerprint density at radius 1 is 1.21 bits per heavy atom. The summed E-state index contributed by atoms with van der Waals surface area (Å²) in [5.74, 6) is 0.592. The minimum atomic E-state index is 0.212. The van der Waals surface area contributed by atoms with Crippen molar-refractivity contribution in [1.82, 2.24) is 0 Å². The van der Waals surface area contributed by atoms with Crippen LogP contribution < -0.4 is 4.74 Å². The van der Waals surface area contributed by atoms with Gasteiger partial charge in [-0.2, -0.15) is 0 Å². The SMILES string of the molecule is O=COCCOc1ccc(Cl)c(Cl)c1. The second kappa shape index (κ2) is 5.73. The van der Waals surface area contributed by atoms with Gasteiger partial charge in [0.1, 0.15) is 19.0 Å². The lowest BCUT2D eigenvalue weighted by Crippen LogP contribution is -2.05. The smallest absolute Gasteiger partial charge is 0.293 e. The first-order valence-electron chi connectivity index (χ1n) is 3.87. The minimum Gasteiger partial charge on any atom is -0.490 e. The Labute approximate surface area is 91.5 Å². The molecule has 14 heavy (non-hydrogen) atoms. The van der Waals surface area contributed by atoms with Crippen LogP contribution in [0.15, 0.2) is 18.2 Å². The fourth-order valence-corrected chi connectivity index (χ4v) is 1.11. The predicted octanol–water partition coefficient (Wildman–Crippen LogP) is 2.55. The van der Waals surface area contributed by atoms with Gasteiger partial charge < -0.3 is 9.47 Å². The van der Waals surface area contributed by atoms with Crippen molar-refractivity contribution in [3.8, 4) is 5.75 Å². The van der Waals surface area contributed by atoms with Crippen LogP contribution in [-0.4, -0.2) is 19.7 Å². The van der Waals surface area contributed by atoms with Crippen LogP contribution in [0.3, 0.4) is 0 Å². The maximum absolute atomic E-state index is 9.80. The molecule has 1 aromatic rings. The first-order valence-corrected chi connectivity index (χ1v) is 4.62. The molecule has 76 valence electrons. The molecule has 0 aliphatic rings. The molecule has 0 atom stereocenters. The minimum absolute atomic E-state index is 0.212. The number of ether oxygens (including phenoxy) is 2. The van der Waals surface area contributed by atoms with E-state index >= 15 is 0 Å². The van der Waals surface area contributed by atoms with Gasteiger partial charge in [-0.1, -0.05) is 23.2 Å². The van der Waals surface area contributed by atoms with Crippen molar-refractivity contribution in [1.29, 1.82) is 0 Å². The van der Waals surface area contributed by atoms with Gasteiger partial charge in [0.15, 0.2) is 0 Å². The molecule has 1 aromatic carbocycles. The van der Waals surface area contributed by atoms with Gasteiger partial charge >= 0.3 is 0 Å². The summed E-state index contributed by atoms with van der Waals surface area (Å²) in [4.78, 5) is 9.80. The monoisotopic (exact) mass is 234 g/mol. The van der Waals surface area contributed by atoms with Crippen LogP contribution in [0, 0.1) is 0 Å². The van der Waals surface area contributed by atoms with Crippen LogP contribution in [-0.2, 0) is 9.53 Å². The standard InChI is InChI=1S/C9H8Cl2O3/c10-8-2-1-7(5-9(8)11)14-4-3-13-6-12/h1-2,5-6H,3-4H2. The van der Waals surface area contributed by atoms with Crippen molar-refractivity contribution in [2.75, 3.05) is 13.2 Å². The van der Waals surface area contributed by atoms with Gasteiger partial charge in [-0.05, 0) is 12.1 Å². The third-order valence-electron chi connectivity index (χ3n) is 1.43. The number of halogens is 2. The highest BCUT2D eigenvalue weighted by Crippen LogP contribution is 2.26. The van der Waals surface area contributed by atoms with Gasteiger partial charge in [0.05, 0.1) is 10.0 Å². The molecule has 0 bridgehead atoms. The number of hydrogen-bond donors (Lipinski definition) is 0. The molecule has 1 rings (SSSR count). The molecule has 0 heterocycles. The summed E-state index contributed by atoms with van der Waals surface area (Å²) in [7, 11) is 0. The molecule has 0 radical (unpaired) electrons. The molecule has 0 amide bonds. The van der Waals surface area contributed by atoms with Crippen LogP contribution in [0.25, 0.3) is 0 Å². The quantitative estimate of drug-likeness (QED) is 0.581. The van der Waals surface area contributed by atoms with E-state index in [-0.39, 0.29) is 13.2 Å². The van der Waals surface area contributed by atoms with Crippen LogP contribution >= 0.6 is 23.2 Å². The Morgan fingerprint density at radius 3 is 2.64 bits per heavy atom. The van der Waals surface area contributed by atoms with Crippen molar-refractivity contribution in [2.24, 2.45) is 0 Å². The Hall–Kier alpha value is -0.930. The number of benzene rings is 1. The summed E-state index contributed by atoms with van der Waals surface area (Å²) < 4.78 is 9.66. The second-order valence-electron chi connectivity index (χ2n) is 2.39. The highest BCUT2D eigenvalue weighted by atomic mass is 35.5. The summed E-state index contributed by atoms with van der Waals surface area (Å²) in [6.45, 7) is 0.874. The summed E-state index contributed by atoms with van der Waals surface area (Å²) in [6, 6.07) is 4.93. The maximum Gasteiger partial charge on any atom is 0.293 e. The number of carbonyl (C=O) groups is 1. The molecule has 3 nitrogen and oxygen atoms in total. The molecule has 0 aromatic heterocycles. The van der Waals surface area contributed by atoms with Crippen molar-refractivity contribution < 1.29 is 14.3 Å². The van der Waals surface area contributed by atoms with Crippen LogP contribution in [0.1, 0.15) is 0 Å². The van der Waals surface area contributed by atoms with Gasteiger partial charge in [-0.25, -0.2) is 0 Å². The van der Waals surface area contributed by atoms with Crippen LogP contribution in [0.5, 0.6) is 5.75 Å². The molecule has 0 N–H and O–H groups in total. The van der Waals surface area contributed by atoms with Crippen molar-refractivity contribution in [3.63, 3.8) is 0 Å². The molecule has 0 fully saturated rings. The zero-order valence-electron chi connectivity index (χ0n) is 7.20. The summed E-state index contributed by atoms with van der Waals surface area (Å²) in [6.07, 6.45) is 0. The molecule has 5 heteroatoms. The summed E-state index contributed by atoms with van der Waals surface area (Å²) >= 11 is 11.5. The third kappa shape index (κ3) is 3.44. The molecule has 0 saturated heterocycles. The molecule has 0 saturated carbocycles. The van der Waals surface area contributed by atoms with E-state index in [4.69, 9.17) is 27.9 Å². The number of rotatable bonds is 5. The van der Waals surface area contributed by atoms with Crippen LogP contribution in [0.4, 0.5) is 0 Å². The van der Waals surface area contributed by atoms with E-state index in [1.165, 1.54) is 0 Å². The number of carbonyl (C=O) groups excluding carboxylic acids is 1. The largest absolute Gasteiger partial charge is 0.490 e. The highest BCUT2D eigenvalue weighted by molar-refractivity contribution is 6.42. The van der Waals surface area contributed by atoms with Crippen molar-refractivity contribution >= 4 is 29.7 Å². The third-order valence-corrected chi connectivity index (χ3v) is 2.17. The zero-order valence-corrected chi connectivity index (χ0v) is 8.72. The van der Waals surface area contributed by atoms with E-state index in [9.17, 15) is 4.79 Å². The normalized spacial score (nSPS) is 9.57. The van der Waals surface area contributed by atoms with Crippen molar-refractivity contribution in [3.05, 3.63) is 28.2 Å². The van der Waals surface area contributed by atoms with Gasteiger partial charge in [-0.15, -0.1) is 0 Å². The Kier molecular flexibility index (Phi) is 4.56. The fraction of sp³-hybridized carbons (Fsp3) is 0.222. The molecular weight excluding hydrogens is 227 g/mol. The lowest BCUT2D eigenvalue weighted by atomic mass is 10.3.